The third-order valence-corrected chi connectivity index (χ3v) is 4.42. The van der Waals surface area contributed by atoms with Crippen LogP contribution in [0.25, 0.3) is 5.69 Å². The number of nitrogens with zero attached hydrogens (tertiary/aromatic N) is 3. The normalized spacial score (nSPS) is 12.8. The molecule has 2 heterocycles. The predicted octanol–water partition coefficient (Wildman–Crippen LogP) is 2.86. The van der Waals surface area contributed by atoms with Gasteiger partial charge in [0, 0.05) is 25.5 Å². The first-order valence-corrected chi connectivity index (χ1v) is 9.30. The standard InChI is InChI=1S/C21H23N5O2/c1-2-23-21(24-12-16-7-8-19-20(11-16)28-15-27-19)25-13-17-5-3-4-6-18(17)26-10-9-22-14-26/h3-11,14H,2,12-13,15H2,1H3,(H2,23,24,25). The number of aliphatic imine (C=N–C) groups is 1. The Morgan fingerprint density at radius 2 is 2.04 bits per heavy atom. The van der Waals surface area contributed by atoms with Crippen LogP contribution in [0.5, 0.6) is 11.5 Å². The van der Waals surface area contributed by atoms with Gasteiger partial charge in [0.15, 0.2) is 17.5 Å². The molecule has 0 unspecified atom stereocenters. The molecular weight excluding hydrogens is 354 g/mol. The van der Waals surface area contributed by atoms with Crippen molar-refractivity contribution in [3.63, 3.8) is 0 Å². The van der Waals surface area contributed by atoms with Crippen molar-refractivity contribution in [2.75, 3.05) is 13.3 Å². The van der Waals surface area contributed by atoms with Crippen LogP contribution in [0.1, 0.15) is 18.1 Å². The molecule has 2 N–H and O–H groups in total. The number of aromatic nitrogens is 2. The number of hydrogen-bond donors (Lipinski definition) is 2. The van der Waals surface area contributed by atoms with Crippen molar-refractivity contribution < 1.29 is 9.47 Å². The molecule has 0 saturated carbocycles. The average Bonchev–Trinajstić information content (AvgIpc) is 3.42. The van der Waals surface area contributed by atoms with E-state index in [1.165, 1.54) is 0 Å². The molecule has 0 aliphatic carbocycles. The van der Waals surface area contributed by atoms with Crippen LogP contribution < -0.4 is 20.1 Å². The fourth-order valence-electron chi connectivity index (χ4n) is 3.04. The van der Waals surface area contributed by atoms with E-state index in [0.29, 0.717) is 13.1 Å². The first-order chi connectivity index (χ1) is 13.8. The highest BCUT2D eigenvalue weighted by Crippen LogP contribution is 2.32. The van der Waals surface area contributed by atoms with Crippen molar-refractivity contribution in [3.8, 4) is 17.2 Å². The van der Waals surface area contributed by atoms with Gasteiger partial charge >= 0.3 is 0 Å². The van der Waals surface area contributed by atoms with Gasteiger partial charge < -0.3 is 24.7 Å². The van der Waals surface area contributed by atoms with Gasteiger partial charge in [0.05, 0.1) is 18.6 Å². The number of imidazole rings is 1. The lowest BCUT2D eigenvalue weighted by Gasteiger charge is -2.14. The van der Waals surface area contributed by atoms with Gasteiger partial charge in [0.25, 0.3) is 0 Å². The molecular formula is C21H23N5O2. The van der Waals surface area contributed by atoms with Crippen LogP contribution in [-0.2, 0) is 13.1 Å². The molecule has 0 bridgehead atoms. The summed E-state index contributed by atoms with van der Waals surface area (Å²) in [5.41, 5.74) is 3.33. The second kappa shape index (κ2) is 8.47. The van der Waals surface area contributed by atoms with Gasteiger partial charge in [0.2, 0.25) is 6.79 Å². The molecule has 7 nitrogen and oxygen atoms in total. The van der Waals surface area contributed by atoms with Gasteiger partial charge in [-0.3, -0.25) is 0 Å². The van der Waals surface area contributed by atoms with Crippen LogP contribution in [-0.4, -0.2) is 28.8 Å². The number of para-hydroxylation sites is 1. The van der Waals surface area contributed by atoms with Crippen molar-refractivity contribution in [1.29, 1.82) is 0 Å². The summed E-state index contributed by atoms with van der Waals surface area (Å²) >= 11 is 0. The molecule has 144 valence electrons. The van der Waals surface area contributed by atoms with E-state index in [1.54, 1.807) is 12.5 Å². The Morgan fingerprint density at radius 1 is 1.14 bits per heavy atom. The second-order valence-electron chi connectivity index (χ2n) is 6.33. The summed E-state index contributed by atoms with van der Waals surface area (Å²) in [5, 5.41) is 6.70. The van der Waals surface area contributed by atoms with Gasteiger partial charge in [-0.2, -0.15) is 0 Å². The second-order valence-corrected chi connectivity index (χ2v) is 6.33. The Morgan fingerprint density at radius 3 is 2.89 bits per heavy atom. The molecule has 1 aromatic heterocycles. The maximum Gasteiger partial charge on any atom is 0.231 e. The smallest absolute Gasteiger partial charge is 0.231 e. The lowest BCUT2D eigenvalue weighted by Crippen LogP contribution is -2.37. The Kier molecular flexibility index (Phi) is 5.42. The summed E-state index contributed by atoms with van der Waals surface area (Å²) in [4.78, 5) is 8.83. The van der Waals surface area contributed by atoms with Crippen LogP contribution >= 0.6 is 0 Å². The van der Waals surface area contributed by atoms with E-state index < -0.39 is 0 Å². The third kappa shape index (κ3) is 4.09. The number of nitrogens with one attached hydrogen (secondary N) is 2. The first kappa shape index (κ1) is 17.9. The lowest BCUT2D eigenvalue weighted by atomic mass is 10.1. The van der Waals surface area contributed by atoms with Crippen molar-refractivity contribution in [2.24, 2.45) is 4.99 Å². The van der Waals surface area contributed by atoms with E-state index >= 15 is 0 Å². The van der Waals surface area contributed by atoms with Gasteiger partial charge in [0.1, 0.15) is 0 Å². The number of fused-ring (bicyclic) bond motifs is 1. The maximum absolute atomic E-state index is 5.44. The lowest BCUT2D eigenvalue weighted by molar-refractivity contribution is 0.174. The quantitative estimate of drug-likeness (QED) is 0.511. The van der Waals surface area contributed by atoms with E-state index in [2.05, 4.69) is 34.7 Å². The number of benzene rings is 2. The highest BCUT2D eigenvalue weighted by molar-refractivity contribution is 5.79. The molecule has 0 amide bonds. The van der Waals surface area contributed by atoms with Gasteiger partial charge in [-0.05, 0) is 36.2 Å². The summed E-state index contributed by atoms with van der Waals surface area (Å²) in [6.07, 6.45) is 5.52. The topological polar surface area (TPSA) is 72.7 Å². The van der Waals surface area contributed by atoms with E-state index in [1.807, 2.05) is 41.1 Å². The van der Waals surface area contributed by atoms with Crippen LogP contribution in [0, 0.1) is 0 Å². The minimum Gasteiger partial charge on any atom is -0.454 e. The summed E-state index contributed by atoms with van der Waals surface area (Å²) in [5.74, 6) is 2.33. The molecule has 0 radical (unpaired) electrons. The fraction of sp³-hybridized carbons (Fsp3) is 0.238. The van der Waals surface area contributed by atoms with E-state index in [4.69, 9.17) is 14.5 Å². The fourth-order valence-corrected chi connectivity index (χ4v) is 3.04. The highest BCUT2D eigenvalue weighted by atomic mass is 16.7. The Bertz CT molecular complexity index is 953. The number of guanidine groups is 1. The van der Waals surface area contributed by atoms with Crippen molar-refractivity contribution >= 4 is 5.96 Å². The van der Waals surface area contributed by atoms with Gasteiger partial charge in [-0.15, -0.1) is 0 Å². The van der Waals surface area contributed by atoms with Gasteiger partial charge in [-0.1, -0.05) is 24.3 Å². The summed E-state index contributed by atoms with van der Waals surface area (Å²) in [6.45, 7) is 4.33. The molecule has 0 atom stereocenters. The Hall–Kier alpha value is -3.48. The maximum atomic E-state index is 5.44. The van der Waals surface area contributed by atoms with E-state index in [-0.39, 0.29) is 6.79 Å². The Labute approximate surface area is 164 Å². The highest BCUT2D eigenvalue weighted by Gasteiger charge is 2.13. The molecule has 0 fully saturated rings. The first-order valence-electron chi connectivity index (χ1n) is 9.30. The number of rotatable bonds is 6. The zero-order valence-corrected chi connectivity index (χ0v) is 15.8. The Balaban J connectivity index is 1.45. The molecule has 3 aromatic rings. The summed E-state index contributed by atoms with van der Waals surface area (Å²) in [7, 11) is 0. The third-order valence-electron chi connectivity index (χ3n) is 4.42. The van der Waals surface area contributed by atoms with E-state index in [9.17, 15) is 0 Å². The average molecular weight is 377 g/mol. The molecule has 0 spiro atoms. The number of hydrogen-bond acceptors (Lipinski definition) is 4. The largest absolute Gasteiger partial charge is 0.454 e. The summed E-state index contributed by atoms with van der Waals surface area (Å²) in [6, 6.07) is 14.2. The monoisotopic (exact) mass is 377 g/mol. The van der Waals surface area contributed by atoms with Crippen molar-refractivity contribution in [2.45, 2.75) is 20.0 Å². The zero-order chi connectivity index (χ0) is 19.2. The minimum absolute atomic E-state index is 0.280. The molecule has 2 aromatic carbocycles. The molecule has 1 aliphatic heterocycles. The van der Waals surface area contributed by atoms with Crippen molar-refractivity contribution in [1.82, 2.24) is 20.2 Å². The zero-order valence-electron chi connectivity index (χ0n) is 15.8. The van der Waals surface area contributed by atoms with Crippen LogP contribution in [0.4, 0.5) is 0 Å². The van der Waals surface area contributed by atoms with Gasteiger partial charge in [-0.25, -0.2) is 9.98 Å². The van der Waals surface area contributed by atoms with Crippen molar-refractivity contribution in [3.05, 3.63) is 72.3 Å². The summed E-state index contributed by atoms with van der Waals surface area (Å²) < 4.78 is 12.8. The van der Waals surface area contributed by atoms with Crippen LogP contribution in [0.3, 0.4) is 0 Å². The molecule has 7 heteroatoms. The van der Waals surface area contributed by atoms with Crippen LogP contribution in [0.2, 0.25) is 0 Å². The minimum atomic E-state index is 0.280. The van der Waals surface area contributed by atoms with Crippen LogP contribution in [0.15, 0.2) is 66.2 Å². The van der Waals surface area contributed by atoms with E-state index in [0.717, 1.165) is 40.8 Å². The predicted molar refractivity (Wildman–Crippen MR) is 108 cm³/mol. The molecule has 28 heavy (non-hydrogen) atoms. The SMILES string of the molecule is CCNC(=NCc1ccc2c(c1)OCO2)NCc1ccccc1-n1ccnc1. The number of ether oxygens (including phenoxy) is 2. The molecule has 1 aliphatic rings. The molecule has 0 saturated heterocycles. The molecule has 4 rings (SSSR count).